The average Bonchev–Trinajstić information content (AvgIpc) is 2.09. The van der Waals surface area contributed by atoms with Crippen LogP contribution in [-0.4, -0.2) is 13.9 Å². The van der Waals surface area contributed by atoms with Crippen molar-refractivity contribution in [3.8, 4) is 5.75 Å². The molecule has 66 valence electrons. The first-order valence-corrected chi connectivity index (χ1v) is 3.68. The lowest BCUT2D eigenvalue weighted by atomic mass is 10.2. The fourth-order valence-corrected chi connectivity index (χ4v) is 0.775. The van der Waals surface area contributed by atoms with Crippen molar-refractivity contribution in [3.05, 3.63) is 29.8 Å². The summed E-state index contributed by atoms with van der Waals surface area (Å²) in [5.74, 6) is 0.776. The van der Waals surface area contributed by atoms with Gasteiger partial charge in [0, 0.05) is 0 Å². The molecule has 3 nitrogen and oxygen atoms in total. The van der Waals surface area contributed by atoms with Gasteiger partial charge in [-0.05, 0) is 19.1 Å². The predicted octanol–water partition coefficient (Wildman–Crippen LogP) is 1.91. The number of aryl methyl sites for hydroxylation is 1. The summed E-state index contributed by atoms with van der Waals surface area (Å²) in [5.41, 5.74) is 1.20. The van der Waals surface area contributed by atoms with E-state index >= 15 is 0 Å². The molecule has 0 heterocycles. The molecular formula is C9H12O3. The first-order valence-electron chi connectivity index (χ1n) is 3.68. The molecule has 0 N–H and O–H groups in total. The van der Waals surface area contributed by atoms with Gasteiger partial charge in [-0.1, -0.05) is 17.7 Å². The average molecular weight is 168 g/mol. The van der Waals surface area contributed by atoms with Crippen molar-refractivity contribution in [2.45, 2.75) is 6.92 Å². The highest BCUT2D eigenvalue weighted by molar-refractivity contribution is 5.26. The third-order valence-electron chi connectivity index (χ3n) is 1.41. The zero-order valence-electron chi connectivity index (χ0n) is 7.24. The van der Waals surface area contributed by atoms with Crippen molar-refractivity contribution in [1.29, 1.82) is 0 Å². The van der Waals surface area contributed by atoms with E-state index in [9.17, 15) is 0 Å². The van der Waals surface area contributed by atoms with Gasteiger partial charge in [-0.15, -0.1) is 0 Å². The van der Waals surface area contributed by atoms with E-state index < -0.39 is 0 Å². The monoisotopic (exact) mass is 168 g/mol. The van der Waals surface area contributed by atoms with E-state index in [2.05, 4.69) is 9.78 Å². The summed E-state index contributed by atoms with van der Waals surface area (Å²) in [4.78, 5) is 8.91. The van der Waals surface area contributed by atoms with Gasteiger partial charge >= 0.3 is 0 Å². The van der Waals surface area contributed by atoms with Gasteiger partial charge in [0.15, 0.2) is 0 Å². The van der Waals surface area contributed by atoms with Crippen LogP contribution in [0, 0.1) is 6.92 Å². The van der Waals surface area contributed by atoms with Gasteiger partial charge in [0.05, 0.1) is 7.11 Å². The van der Waals surface area contributed by atoms with Crippen LogP contribution in [-0.2, 0) is 9.78 Å². The number of benzene rings is 1. The quantitative estimate of drug-likeness (QED) is 0.297. The fourth-order valence-electron chi connectivity index (χ4n) is 0.775. The first kappa shape index (κ1) is 9.03. The molecule has 1 aromatic carbocycles. The zero-order valence-corrected chi connectivity index (χ0v) is 7.24. The second-order valence-corrected chi connectivity index (χ2v) is 2.36. The van der Waals surface area contributed by atoms with E-state index in [4.69, 9.17) is 4.74 Å². The molecule has 12 heavy (non-hydrogen) atoms. The van der Waals surface area contributed by atoms with E-state index in [0.29, 0.717) is 0 Å². The fraction of sp³-hybridized carbons (Fsp3) is 0.333. The number of rotatable bonds is 4. The van der Waals surface area contributed by atoms with E-state index in [0.717, 1.165) is 5.75 Å². The van der Waals surface area contributed by atoms with Crippen LogP contribution in [0.1, 0.15) is 5.56 Å². The number of hydrogen-bond donors (Lipinski definition) is 0. The van der Waals surface area contributed by atoms with Crippen LogP contribution < -0.4 is 4.74 Å². The molecule has 0 saturated heterocycles. The van der Waals surface area contributed by atoms with Crippen molar-refractivity contribution in [1.82, 2.24) is 0 Å². The standard InChI is InChI=1S/C9H12O3/c1-8-3-5-9(6-4-8)11-7-12-10-2/h3-6H,7H2,1-2H3. The van der Waals surface area contributed by atoms with Crippen molar-refractivity contribution < 1.29 is 14.5 Å². The maximum Gasteiger partial charge on any atom is 0.221 e. The Morgan fingerprint density at radius 1 is 1.17 bits per heavy atom. The summed E-state index contributed by atoms with van der Waals surface area (Å²) in [6.45, 7) is 2.13. The minimum atomic E-state index is 0.111. The molecule has 0 aliphatic rings. The minimum Gasteiger partial charge on any atom is -0.465 e. The van der Waals surface area contributed by atoms with Gasteiger partial charge in [-0.2, -0.15) is 4.89 Å². The lowest BCUT2D eigenvalue weighted by Crippen LogP contribution is -2.01. The topological polar surface area (TPSA) is 27.7 Å². The Kier molecular flexibility index (Phi) is 3.57. The third kappa shape index (κ3) is 2.90. The normalized spacial score (nSPS) is 9.83. The van der Waals surface area contributed by atoms with Gasteiger partial charge in [0.2, 0.25) is 6.79 Å². The molecule has 0 bridgehead atoms. The maximum atomic E-state index is 5.15. The van der Waals surface area contributed by atoms with Gasteiger partial charge in [0.1, 0.15) is 5.75 Å². The third-order valence-corrected chi connectivity index (χ3v) is 1.41. The summed E-state index contributed by atoms with van der Waals surface area (Å²) in [5, 5.41) is 0. The van der Waals surface area contributed by atoms with Gasteiger partial charge in [-0.25, -0.2) is 4.89 Å². The van der Waals surface area contributed by atoms with Crippen LogP contribution >= 0.6 is 0 Å². The maximum absolute atomic E-state index is 5.15. The molecule has 0 fully saturated rings. The molecule has 1 aromatic rings. The SMILES string of the molecule is COOCOc1ccc(C)cc1. The molecule has 1 rings (SSSR count). The second-order valence-electron chi connectivity index (χ2n) is 2.36. The van der Waals surface area contributed by atoms with Crippen LogP contribution in [0.15, 0.2) is 24.3 Å². The van der Waals surface area contributed by atoms with Crippen molar-refractivity contribution in [2.24, 2.45) is 0 Å². The van der Waals surface area contributed by atoms with Crippen LogP contribution in [0.2, 0.25) is 0 Å². The van der Waals surface area contributed by atoms with E-state index in [1.165, 1.54) is 12.7 Å². The van der Waals surface area contributed by atoms with Crippen molar-refractivity contribution in [3.63, 3.8) is 0 Å². The van der Waals surface area contributed by atoms with Gasteiger partial charge < -0.3 is 4.74 Å². The predicted molar refractivity (Wildman–Crippen MR) is 44.8 cm³/mol. The molecule has 0 spiro atoms. The Balaban J connectivity index is 2.37. The van der Waals surface area contributed by atoms with E-state index in [1.807, 2.05) is 31.2 Å². The molecule has 0 aliphatic heterocycles. The first-order chi connectivity index (χ1) is 5.83. The molecule has 0 radical (unpaired) electrons. The molecule has 3 heteroatoms. The Labute approximate surface area is 71.8 Å². The van der Waals surface area contributed by atoms with Crippen LogP contribution in [0.25, 0.3) is 0 Å². The Morgan fingerprint density at radius 2 is 1.83 bits per heavy atom. The lowest BCUT2D eigenvalue weighted by Gasteiger charge is -2.04. The molecular weight excluding hydrogens is 156 g/mol. The molecule has 0 atom stereocenters. The summed E-state index contributed by atoms with van der Waals surface area (Å²) in [6, 6.07) is 7.72. The zero-order chi connectivity index (χ0) is 8.81. The summed E-state index contributed by atoms with van der Waals surface area (Å²) < 4.78 is 5.15. The van der Waals surface area contributed by atoms with Gasteiger partial charge in [-0.3, -0.25) is 0 Å². The lowest BCUT2D eigenvalue weighted by molar-refractivity contribution is -0.303. The number of ether oxygens (including phenoxy) is 1. The largest absolute Gasteiger partial charge is 0.465 e. The second kappa shape index (κ2) is 4.74. The minimum absolute atomic E-state index is 0.111. The van der Waals surface area contributed by atoms with E-state index in [-0.39, 0.29) is 6.79 Å². The summed E-state index contributed by atoms with van der Waals surface area (Å²) in [7, 11) is 1.44. The molecule has 0 amide bonds. The van der Waals surface area contributed by atoms with Crippen LogP contribution in [0.4, 0.5) is 0 Å². The highest BCUT2D eigenvalue weighted by Crippen LogP contribution is 2.10. The molecule has 0 unspecified atom stereocenters. The van der Waals surface area contributed by atoms with Crippen LogP contribution in [0.3, 0.4) is 0 Å². The molecule has 0 saturated carbocycles. The highest BCUT2D eigenvalue weighted by atomic mass is 17.2. The van der Waals surface area contributed by atoms with Gasteiger partial charge in [0.25, 0.3) is 0 Å². The number of hydrogen-bond acceptors (Lipinski definition) is 3. The molecule has 0 aliphatic carbocycles. The highest BCUT2D eigenvalue weighted by Gasteiger charge is 1.91. The smallest absolute Gasteiger partial charge is 0.221 e. The summed E-state index contributed by atoms with van der Waals surface area (Å²) in [6.07, 6.45) is 0. The van der Waals surface area contributed by atoms with Crippen molar-refractivity contribution in [2.75, 3.05) is 13.9 Å². The summed E-state index contributed by atoms with van der Waals surface area (Å²) >= 11 is 0. The Hall–Kier alpha value is -1.06. The molecule has 0 aromatic heterocycles. The van der Waals surface area contributed by atoms with Crippen molar-refractivity contribution >= 4 is 0 Å². The Morgan fingerprint density at radius 3 is 2.42 bits per heavy atom. The van der Waals surface area contributed by atoms with E-state index in [1.54, 1.807) is 0 Å². The van der Waals surface area contributed by atoms with Crippen LogP contribution in [0.5, 0.6) is 5.75 Å². The Bertz CT molecular complexity index is 218.